The van der Waals surface area contributed by atoms with Crippen molar-refractivity contribution in [2.45, 2.75) is 13.8 Å². The highest BCUT2D eigenvalue weighted by Crippen LogP contribution is 2.23. The monoisotopic (exact) mass is 310 g/mol. The minimum atomic E-state index is -0.311. The molecule has 0 aliphatic heterocycles. The molecule has 2 heterocycles. The molecule has 3 aromatic rings. The quantitative estimate of drug-likeness (QED) is 0.804. The summed E-state index contributed by atoms with van der Waals surface area (Å²) < 4.78 is 5.58. The van der Waals surface area contributed by atoms with E-state index in [-0.39, 0.29) is 11.7 Å². The van der Waals surface area contributed by atoms with Crippen LogP contribution in [0.2, 0.25) is 0 Å². The molecule has 0 bridgehead atoms. The molecule has 0 fully saturated rings. The predicted octanol–water partition coefficient (Wildman–Crippen LogP) is 3.16. The number of aryl methyl sites for hydroxylation is 2. The Hall–Kier alpha value is -2.89. The van der Waals surface area contributed by atoms with E-state index in [0.717, 1.165) is 5.39 Å². The summed E-state index contributed by atoms with van der Waals surface area (Å²) >= 11 is 0. The summed E-state index contributed by atoms with van der Waals surface area (Å²) in [4.78, 5) is 23.0. The van der Waals surface area contributed by atoms with Crippen LogP contribution in [0.3, 0.4) is 0 Å². The zero-order valence-electron chi connectivity index (χ0n) is 13.5. The van der Waals surface area contributed by atoms with Gasteiger partial charge in [-0.1, -0.05) is 18.2 Å². The van der Waals surface area contributed by atoms with Crippen LogP contribution in [0.4, 0.5) is 11.6 Å². The summed E-state index contributed by atoms with van der Waals surface area (Å²) in [6.07, 6.45) is 0. The van der Waals surface area contributed by atoms with Crippen molar-refractivity contribution in [3.63, 3.8) is 0 Å². The number of nitrogens with one attached hydrogen (secondary N) is 1. The van der Waals surface area contributed by atoms with Crippen LogP contribution in [0.5, 0.6) is 0 Å². The fourth-order valence-corrected chi connectivity index (χ4v) is 2.35. The lowest BCUT2D eigenvalue weighted by Crippen LogP contribution is -2.18. The lowest BCUT2D eigenvalue weighted by atomic mass is 10.2. The predicted molar refractivity (Wildman–Crippen MR) is 90.0 cm³/mol. The molecule has 0 spiro atoms. The van der Waals surface area contributed by atoms with Gasteiger partial charge in [0.25, 0.3) is 5.91 Å². The van der Waals surface area contributed by atoms with Gasteiger partial charge in [-0.05, 0) is 26.0 Å². The number of aromatic nitrogens is 2. The maximum atomic E-state index is 12.4. The Labute approximate surface area is 134 Å². The number of fused-ring (bicyclic) bond motifs is 1. The summed E-state index contributed by atoms with van der Waals surface area (Å²) in [6.45, 7) is 3.69. The van der Waals surface area contributed by atoms with Gasteiger partial charge < -0.3 is 14.6 Å². The number of nitrogens with zero attached hydrogens (tertiary/aromatic N) is 3. The van der Waals surface area contributed by atoms with Gasteiger partial charge in [0.2, 0.25) is 5.95 Å². The molecule has 0 aliphatic carbocycles. The Bertz CT molecular complexity index is 827. The molecule has 6 heteroatoms. The molecular formula is C17H18N4O2. The number of furan rings is 1. The molecule has 0 saturated heterocycles. The summed E-state index contributed by atoms with van der Waals surface area (Å²) in [5.74, 6) is 0.567. The first-order chi connectivity index (χ1) is 11.0. The molecular weight excluding hydrogens is 292 g/mol. The summed E-state index contributed by atoms with van der Waals surface area (Å²) in [7, 11) is 3.75. The van der Waals surface area contributed by atoms with Crippen LogP contribution >= 0.6 is 0 Å². The number of rotatable bonds is 3. The Kier molecular flexibility index (Phi) is 3.73. The van der Waals surface area contributed by atoms with Crippen molar-refractivity contribution in [2.75, 3.05) is 24.3 Å². The molecule has 1 amide bonds. The summed E-state index contributed by atoms with van der Waals surface area (Å²) in [5, 5.41) is 3.74. The first-order valence-corrected chi connectivity index (χ1v) is 7.28. The van der Waals surface area contributed by atoms with Gasteiger partial charge in [-0.25, -0.2) is 9.97 Å². The Morgan fingerprint density at radius 2 is 1.78 bits per heavy atom. The van der Waals surface area contributed by atoms with Crippen LogP contribution in [0, 0.1) is 13.8 Å². The molecule has 1 aromatic carbocycles. The molecule has 1 N–H and O–H groups in total. The van der Waals surface area contributed by atoms with E-state index in [2.05, 4.69) is 15.3 Å². The van der Waals surface area contributed by atoms with Gasteiger partial charge in [-0.2, -0.15) is 0 Å². The zero-order valence-corrected chi connectivity index (χ0v) is 13.5. The van der Waals surface area contributed by atoms with E-state index < -0.39 is 0 Å². The fraction of sp³-hybridized carbons (Fsp3) is 0.235. The number of carbonyl (C=O) groups is 1. The van der Waals surface area contributed by atoms with Crippen molar-refractivity contribution in [1.29, 1.82) is 0 Å². The lowest BCUT2D eigenvalue weighted by Gasteiger charge is -2.15. The van der Waals surface area contributed by atoms with E-state index in [1.165, 1.54) is 0 Å². The van der Waals surface area contributed by atoms with Crippen molar-refractivity contribution in [2.24, 2.45) is 0 Å². The minimum Gasteiger partial charge on any atom is -0.451 e. The third kappa shape index (κ3) is 2.88. The van der Waals surface area contributed by atoms with E-state index in [1.807, 2.05) is 57.1 Å². The first-order valence-electron chi connectivity index (χ1n) is 7.28. The standard InChI is InChI=1S/C17H18N4O2/c1-10-15(11(2)19-17(18-10)21(3)4)20-16(22)14-9-12-7-5-6-8-13(12)23-14/h5-9H,1-4H3,(H,20,22). The second kappa shape index (κ2) is 5.72. The smallest absolute Gasteiger partial charge is 0.291 e. The van der Waals surface area contributed by atoms with Crippen LogP contribution < -0.4 is 10.2 Å². The second-order valence-electron chi connectivity index (χ2n) is 5.57. The highest BCUT2D eigenvalue weighted by atomic mass is 16.3. The first kappa shape index (κ1) is 15.0. The van der Waals surface area contributed by atoms with Crippen molar-refractivity contribution in [3.05, 3.63) is 47.5 Å². The van der Waals surface area contributed by atoms with Crippen LogP contribution in [-0.2, 0) is 0 Å². The van der Waals surface area contributed by atoms with E-state index in [9.17, 15) is 4.79 Å². The lowest BCUT2D eigenvalue weighted by molar-refractivity contribution is 0.0998. The second-order valence-corrected chi connectivity index (χ2v) is 5.57. The molecule has 6 nitrogen and oxygen atoms in total. The van der Waals surface area contributed by atoms with Crippen molar-refractivity contribution >= 4 is 28.5 Å². The van der Waals surface area contributed by atoms with Crippen molar-refractivity contribution < 1.29 is 9.21 Å². The fourth-order valence-electron chi connectivity index (χ4n) is 2.35. The van der Waals surface area contributed by atoms with E-state index in [4.69, 9.17) is 4.42 Å². The maximum Gasteiger partial charge on any atom is 0.291 e. The number of amides is 1. The van der Waals surface area contributed by atoms with E-state index >= 15 is 0 Å². The van der Waals surface area contributed by atoms with Crippen molar-refractivity contribution in [1.82, 2.24) is 9.97 Å². The van der Waals surface area contributed by atoms with Crippen LogP contribution in [0.1, 0.15) is 21.9 Å². The Morgan fingerprint density at radius 1 is 1.13 bits per heavy atom. The van der Waals surface area contributed by atoms with Crippen LogP contribution in [0.15, 0.2) is 34.7 Å². The van der Waals surface area contributed by atoms with Crippen LogP contribution in [0.25, 0.3) is 11.0 Å². The molecule has 0 radical (unpaired) electrons. The van der Waals surface area contributed by atoms with Gasteiger partial charge in [-0.15, -0.1) is 0 Å². The topological polar surface area (TPSA) is 71.3 Å². The molecule has 0 unspecified atom stereocenters. The van der Waals surface area contributed by atoms with Gasteiger partial charge in [0.15, 0.2) is 5.76 Å². The van der Waals surface area contributed by atoms with E-state index in [0.29, 0.717) is 28.6 Å². The molecule has 23 heavy (non-hydrogen) atoms. The Morgan fingerprint density at radius 3 is 2.39 bits per heavy atom. The third-order valence-corrected chi connectivity index (χ3v) is 3.55. The number of benzene rings is 1. The minimum absolute atomic E-state index is 0.265. The summed E-state index contributed by atoms with van der Waals surface area (Å²) in [6, 6.07) is 9.24. The average molecular weight is 310 g/mol. The number of carbonyl (C=O) groups excluding carboxylic acids is 1. The maximum absolute atomic E-state index is 12.4. The number of anilines is 2. The van der Waals surface area contributed by atoms with Gasteiger partial charge in [0, 0.05) is 19.5 Å². The molecule has 118 valence electrons. The number of hydrogen-bond acceptors (Lipinski definition) is 5. The highest BCUT2D eigenvalue weighted by Gasteiger charge is 2.16. The normalized spacial score (nSPS) is 10.8. The van der Waals surface area contributed by atoms with Crippen molar-refractivity contribution in [3.8, 4) is 0 Å². The highest BCUT2D eigenvalue weighted by molar-refractivity contribution is 6.05. The molecule has 0 atom stereocenters. The average Bonchev–Trinajstić information content (AvgIpc) is 2.94. The van der Waals surface area contributed by atoms with Gasteiger partial charge in [0.05, 0.1) is 17.1 Å². The van der Waals surface area contributed by atoms with Gasteiger partial charge >= 0.3 is 0 Å². The van der Waals surface area contributed by atoms with Gasteiger partial charge in [-0.3, -0.25) is 4.79 Å². The molecule has 0 saturated carbocycles. The Balaban J connectivity index is 1.90. The van der Waals surface area contributed by atoms with Crippen LogP contribution in [-0.4, -0.2) is 30.0 Å². The molecule has 2 aromatic heterocycles. The van der Waals surface area contributed by atoms with E-state index in [1.54, 1.807) is 6.07 Å². The SMILES string of the molecule is Cc1nc(N(C)C)nc(C)c1NC(=O)c1cc2ccccc2o1. The largest absolute Gasteiger partial charge is 0.451 e. The summed E-state index contributed by atoms with van der Waals surface area (Å²) in [5.41, 5.74) is 2.72. The zero-order chi connectivity index (χ0) is 16.6. The molecule has 0 aliphatic rings. The van der Waals surface area contributed by atoms with Gasteiger partial charge in [0.1, 0.15) is 5.58 Å². The third-order valence-electron chi connectivity index (χ3n) is 3.55. The number of para-hydroxylation sites is 1. The molecule has 3 rings (SSSR count). The number of hydrogen-bond donors (Lipinski definition) is 1.